The van der Waals surface area contributed by atoms with Crippen molar-refractivity contribution in [2.24, 2.45) is 5.92 Å². The van der Waals surface area contributed by atoms with Crippen LogP contribution in [0.15, 0.2) is 12.3 Å². The quantitative estimate of drug-likeness (QED) is 0.807. The second-order valence-corrected chi connectivity index (χ2v) is 4.69. The number of anilines is 1. The van der Waals surface area contributed by atoms with Gasteiger partial charge < -0.3 is 10.6 Å². The van der Waals surface area contributed by atoms with Crippen molar-refractivity contribution in [3.05, 3.63) is 23.6 Å². The molecule has 4 nitrogen and oxygen atoms in total. The Morgan fingerprint density at radius 3 is 2.50 bits per heavy atom. The summed E-state index contributed by atoms with van der Waals surface area (Å²) in [6.07, 6.45) is -3.67. The summed E-state index contributed by atoms with van der Waals surface area (Å²) in [6, 6.07) is 0.945. The number of rotatable bonds is 1. The highest BCUT2D eigenvalue weighted by atomic mass is 19.4. The van der Waals surface area contributed by atoms with Gasteiger partial charge in [-0.05, 0) is 18.9 Å². The molecule has 1 saturated heterocycles. The maximum absolute atomic E-state index is 13.1. The molecule has 1 aliphatic rings. The van der Waals surface area contributed by atoms with Gasteiger partial charge in [0.05, 0.1) is 17.7 Å². The van der Waals surface area contributed by atoms with E-state index in [9.17, 15) is 22.4 Å². The predicted molar refractivity (Wildman–Crippen MR) is 63.3 cm³/mol. The molecule has 0 bridgehead atoms. The lowest BCUT2D eigenvalue weighted by Gasteiger charge is -2.33. The summed E-state index contributed by atoms with van der Waals surface area (Å²) in [5, 5.41) is 0. The van der Waals surface area contributed by atoms with Crippen molar-refractivity contribution in [2.75, 3.05) is 18.8 Å². The van der Waals surface area contributed by atoms with Gasteiger partial charge in [0.2, 0.25) is 0 Å². The van der Waals surface area contributed by atoms with E-state index in [1.807, 2.05) is 0 Å². The maximum Gasteiger partial charge on any atom is 0.391 e. The summed E-state index contributed by atoms with van der Waals surface area (Å²) >= 11 is 0. The first-order valence-corrected chi connectivity index (χ1v) is 6.06. The van der Waals surface area contributed by atoms with E-state index >= 15 is 0 Å². The van der Waals surface area contributed by atoms with Gasteiger partial charge in [0.1, 0.15) is 11.6 Å². The number of amides is 1. The predicted octanol–water partition coefficient (Wildman–Crippen LogP) is 2.22. The smallest absolute Gasteiger partial charge is 0.383 e. The second kappa shape index (κ2) is 5.26. The Hall–Kier alpha value is -1.86. The molecule has 2 heterocycles. The van der Waals surface area contributed by atoms with E-state index in [1.54, 1.807) is 0 Å². The van der Waals surface area contributed by atoms with Gasteiger partial charge in [0.25, 0.3) is 5.91 Å². The number of nitrogen functional groups attached to an aromatic ring is 1. The summed E-state index contributed by atoms with van der Waals surface area (Å²) in [5.41, 5.74) is 5.37. The number of carbonyl (C=O) groups excluding carboxylic acids is 1. The lowest BCUT2D eigenvalue weighted by Crippen LogP contribution is -2.42. The minimum atomic E-state index is -4.24. The Labute approximate surface area is 112 Å². The summed E-state index contributed by atoms with van der Waals surface area (Å²) in [4.78, 5) is 16.9. The number of nitrogens with zero attached hydrogens (tertiary/aromatic N) is 2. The van der Waals surface area contributed by atoms with Crippen LogP contribution in [0.3, 0.4) is 0 Å². The van der Waals surface area contributed by atoms with E-state index in [-0.39, 0.29) is 37.3 Å². The molecule has 0 spiro atoms. The van der Waals surface area contributed by atoms with Crippen LogP contribution in [0, 0.1) is 11.7 Å². The summed E-state index contributed by atoms with van der Waals surface area (Å²) in [6.45, 7) is -0.0576. The van der Waals surface area contributed by atoms with E-state index in [2.05, 4.69) is 4.98 Å². The number of likely N-dealkylation sites (tertiary alicyclic amines) is 1. The SMILES string of the molecule is Nc1ncc(F)cc1C(=O)N1CCC(C(F)(F)F)CC1. The highest BCUT2D eigenvalue weighted by Gasteiger charge is 2.41. The van der Waals surface area contributed by atoms with Crippen molar-refractivity contribution in [2.45, 2.75) is 19.0 Å². The molecular weight excluding hydrogens is 278 g/mol. The molecule has 1 aromatic rings. The van der Waals surface area contributed by atoms with Gasteiger partial charge in [-0.3, -0.25) is 4.79 Å². The largest absolute Gasteiger partial charge is 0.391 e. The van der Waals surface area contributed by atoms with Crippen LogP contribution >= 0.6 is 0 Å². The molecule has 2 N–H and O–H groups in total. The summed E-state index contributed by atoms with van der Waals surface area (Å²) < 4.78 is 50.6. The molecule has 0 atom stereocenters. The van der Waals surface area contributed by atoms with Crippen molar-refractivity contribution in [3.63, 3.8) is 0 Å². The minimum Gasteiger partial charge on any atom is -0.383 e. The third kappa shape index (κ3) is 3.00. The fourth-order valence-electron chi connectivity index (χ4n) is 2.20. The zero-order chi connectivity index (χ0) is 14.9. The number of alkyl halides is 3. The molecule has 0 radical (unpaired) electrons. The van der Waals surface area contributed by atoms with Crippen LogP contribution in [0.1, 0.15) is 23.2 Å². The topological polar surface area (TPSA) is 59.2 Å². The third-order valence-electron chi connectivity index (χ3n) is 3.36. The molecule has 1 fully saturated rings. The van der Waals surface area contributed by atoms with Crippen LogP contribution in [-0.4, -0.2) is 35.1 Å². The number of piperidine rings is 1. The van der Waals surface area contributed by atoms with Crippen LogP contribution in [0.4, 0.5) is 23.4 Å². The highest BCUT2D eigenvalue weighted by molar-refractivity contribution is 5.98. The number of carbonyl (C=O) groups is 1. The van der Waals surface area contributed by atoms with Crippen LogP contribution in [0.25, 0.3) is 0 Å². The Kier molecular flexibility index (Phi) is 3.82. The molecule has 8 heteroatoms. The average Bonchev–Trinajstić information content (AvgIpc) is 2.40. The first-order valence-electron chi connectivity index (χ1n) is 6.06. The normalized spacial score (nSPS) is 17.3. The first-order chi connectivity index (χ1) is 9.29. The number of aromatic nitrogens is 1. The van der Waals surface area contributed by atoms with Crippen molar-refractivity contribution in [1.29, 1.82) is 0 Å². The van der Waals surface area contributed by atoms with Crippen molar-refractivity contribution in [1.82, 2.24) is 9.88 Å². The Bertz CT molecular complexity index is 510. The molecule has 0 aromatic carbocycles. The van der Waals surface area contributed by atoms with Crippen LogP contribution in [0.5, 0.6) is 0 Å². The number of nitrogens with two attached hydrogens (primary N) is 1. The number of halogens is 4. The molecule has 20 heavy (non-hydrogen) atoms. The zero-order valence-corrected chi connectivity index (χ0v) is 10.5. The fraction of sp³-hybridized carbons (Fsp3) is 0.500. The molecule has 0 unspecified atom stereocenters. The van der Waals surface area contributed by atoms with E-state index in [4.69, 9.17) is 5.73 Å². The lowest BCUT2D eigenvalue weighted by molar-refractivity contribution is -0.183. The van der Waals surface area contributed by atoms with Crippen molar-refractivity contribution in [3.8, 4) is 0 Å². The molecule has 1 aromatic heterocycles. The third-order valence-corrected chi connectivity index (χ3v) is 3.36. The number of pyridine rings is 1. The lowest BCUT2D eigenvalue weighted by atomic mass is 9.96. The summed E-state index contributed by atoms with van der Waals surface area (Å²) in [5.74, 6) is -2.83. The average molecular weight is 291 g/mol. The first kappa shape index (κ1) is 14.5. The van der Waals surface area contributed by atoms with Crippen LogP contribution < -0.4 is 5.73 Å². The molecule has 1 aliphatic heterocycles. The second-order valence-electron chi connectivity index (χ2n) is 4.69. The Morgan fingerprint density at radius 1 is 1.35 bits per heavy atom. The van der Waals surface area contributed by atoms with Gasteiger partial charge in [-0.25, -0.2) is 9.37 Å². The fourth-order valence-corrected chi connectivity index (χ4v) is 2.20. The van der Waals surface area contributed by atoms with Gasteiger partial charge in [-0.1, -0.05) is 0 Å². The van der Waals surface area contributed by atoms with Crippen LogP contribution in [0.2, 0.25) is 0 Å². The van der Waals surface area contributed by atoms with E-state index < -0.39 is 23.8 Å². The monoisotopic (exact) mass is 291 g/mol. The van der Waals surface area contributed by atoms with Crippen molar-refractivity contribution >= 4 is 11.7 Å². The van der Waals surface area contributed by atoms with E-state index in [1.165, 1.54) is 4.90 Å². The number of hydrogen-bond donors (Lipinski definition) is 1. The highest BCUT2D eigenvalue weighted by Crippen LogP contribution is 2.34. The van der Waals surface area contributed by atoms with E-state index in [0.717, 1.165) is 12.3 Å². The van der Waals surface area contributed by atoms with Gasteiger partial charge in [0.15, 0.2) is 0 Å². The molecule has 2 rings (SSSR count). The van der Waals surface area contributed by atoms with Gasteiger partial charge in [0, 0.05) is 13.1 Å². The zero-order valence-electron chi connectivity index (χ0n) is 10.5. The molecule has 0 saturated carbocycles. The Morgan fingerprint density at radius 2 is 1.95 bits per heavy atom. The molecule has 1 amide bonds. The summed E-state index contributed by atoms with van der Waals surface area (Å²) in [7, 11) is 0. The van der Waals surface area contributed by atoms with Gasteiger partial charge in [-0.2, -0.15) is 13.2 Å². The van der Waals surface area contributed by atoms with Gasteiger partial charge in [-0.15, -0.1) is 0 Å². The van der Waals surface area contributed by atoms with Gasteiger partial charge >= 0.3 is 6.18 Å². The maximum atomic E-state index is 13.1. The molecular formula is C12H13F4N3O. The minimum absolute atomic E-state index is 0.0288. The molecule has 0 aliphatic carbocycles. The Balaban J connectivity index is 2.07. The van der Waals surface area contributed by atoms with Crippen molar-refractivity contribution < 1.29 is 22.4 Å². The standard InChI is InChI=1S/C12H13F4N3O/c13-8-5-9(10(17)18-6-8)11(20)19-3-1-7(2-4-19)12(14,15)16/h5-7H,1-4H2,(H2,17,18). The van der Waals surface area contributed by atoms with Crippen LogP contribution in [-0.2, 0) is 0 Å². The molecule has 110 valence electrons. The number of hydrogen-bond acceptors (Lipinski definition) is 3. The van der Waals surface area contributed by atoms with E-state index in [0.29, 0.717) is 0 Å².